The van der Waals surface area contributed by atoms with Gasteiger partial charge in [-0.3, -0.25) is 9.59 Å². The molecule has 1 atom stereocenters. The van der Waals surface area contributed by atoms with Gasteiger partial charge < -0.3 is 15.0 Å². The monoisotopic (exact) mass is 402 g/mol. The van der Waals surface area contributed by atoms with Crippen molar-refractivity contribution in [3.8, 4) is 5.75 Å². The number of hydrogen-bond donors (Lipinski definition) is 1. The second-order valence-corrected chi connectivity index (χ2v) is 7.36. The van der Waals surface area contributed by atoms with Crippen molar-refractivity contribution < 1.29 is 14.3 Å². The molecule has 5 nitrogen and oxygen atoms in total. The van der Waals surface area contributed by atoms with Gasteiger partial charge in [-0.25, -0.2) is 0 Å². The van der Waals surface area contributed by atoms with Crippen LogP contribution >= 0.6 is 11.6 Å². The molecule has 2 aromatic rings. The zero-order valence-electron chi connectivity index (χ0n) is 16.7. The summed E-state index contributed by atoms with van der Waals surface area (Å²) in [6.07, 6.45) is 0. The fourth-order valence-corrected chi connectivity index (χ4v) is 2.98. The Labute approximate surface area is 171 Å². The van der Waals surface area contributed by atoms with Gasteiger partial charge in [0.1, 0.15) is 11.8 Å². The highest BCUT2D eigenvalue weighted by atomic mass is 35.5. The van der Waals surface area contributed by atoms with Crippen LogP contribution in [-0.4, -0.2) is 29.9 Å². The minimum Gasteiger partial charge on any atom is -0.497 e. The number of halogens is 1. The fraction of sp³-hybridized carbons (Fsp3) is 0.364. The standard InChI is InChI=1S/C22H27ClN2O3/c1-15(2)22(27)25(14-17-9-11-19(28-4)12-10-17)16(3)21(26)24-13-18-7-5-6-8-20(18)23/h5-12,15-16H,13-14H2,1-4H3,(H,24,26)/t16-/m0/s1. The van der Waals surface area contributed by atoms with Gasteiger partial charge in [0.15, 0.2) is 0 Å². The lowest BCUT2D eigenvalue weighted by Crippen LogP contribution is -2.48. The summed E-state index contributed by atoms with van der Waals surface area (Å²) in [4.78, 5) is 27.1. The van der Waals surface area contributed by atoms with E-state index in [1.807, 2.05) is 56.3 Å². The van der Waals surface area contributed by atoms with E-state index in [1.165, 1.54) is 0 Å². The molecule has 0 saturated heterocycles. The molecular formula is C22H27ClN2O3. The van der Waals surface area contributed by atoms with Gasteiger partial charge in [-0.2, -0.15) is 0 Å². The third-order valence-corrected chi connectivity index (χ3v) is 4.92. The smallest absolute Gasteiger partial charge is 0.242 e. The van der Waals surface area contributed by atoms with Crippen LogP contribution < -0.4 is 10.1 Å². The van der Waals surface area contributed by atoms with Crippen LogP contribution in [0.5, 0.6) is 5.75 Å². The molecule has 0 aliphatic carbocycles. The molecule has 0 saturated carbocycles. The number of hydrogen-bond acceptors (Lipinski definition) is 3. The Balaban J connectivity index is 2.11. The maximum atomic E-state index is 12.7. The average molecular weight is 403 g/mol. The highest BCUT2D eigenvalue weighted by Gasteiger charge is 2.27. The highest BCUT2D eigenvalue weighted by Crippen LogP contribution is 2.17. The first kappa shape index (κ1) is 21.8. The summed E-state index contributed by atoms with van der Waals surface area (Å²) in [5.74, 6) is 0.242. The summed E-state index contributed by atoms with van der Waals surface area (Å²) >= 11 is 6.15. The molecule has 6 heteroatoms. The molecule has 0 aromatic heterocycles. The second kappa shape index (κ2) is 10.1. The predicted molar refractivity (Wildman–Crippen MR) is 111 cm³/mol. The first-order chi connectivity index (χ1) is 13.3. The maximum absolute atomic E-state index is 12.7. The Morgan fingerprint density at radius 2 is 1.71 bits per heavy atom. The van der Waals surface area contributed by atoms with Crippen LogP contribution in [0.1, 0.15) is 31.9 Å². The molecule has 0 heterocycles. The number of nitrogens with zero attached hydrogens (tertiary/aromatic N) is 1. The van der Waals surface area contributed by atoms with Crippen LogP contribution in [0.15, 0.2) is 48.5 Å². The van der Waals surface area contributed by atoms with Gasteiger partial charge in [0.25, 0.3) is 0 Å². The van der Waals surface area contributed by atoms with Crippen molar-refractivity contribution in [2.24, 2.45) is 5.92 Å². The normalized spacial score (nSPS) is 11.8. The third kappa shape index (κ3) is 5.73. The van der Waals surface area contributed by atoms with Crippen molar-refractivity contribution in [2.75, 3.05) is 7.11 Å². The first-order valence-electron chi connectivity index (χ1n) is 9.28. The largest absolute Gasteiger partial charge is 0.497 e. The second-order valence-electron chi connectivity index (χ2n) is 6.95. The lowest BCUT2D eigenvalue weighted by atomic mass is 10.1. The van der Waals surface area contributed by atoms with Crippen LogP contribution in [0.3, 0.4) is 0 Å². The van der Waals surface area contributed by atoms with Crippen molar-refractivity contribution >= 4 is 23.4 Å². The highest BCUT2D eigenvalue weighted by molar-refractivity contribution is 6.31. The third-order valence-electron chi connectivity index (χ3n) is 4.55. The molecule has 0 spiro atoms. The van der Waals surface area contributed by atoms with Crippen molar-refractivity contribution in [3.05, 3.63) is 64.7 Å². The zero-order chi connectivity index (χ0) is 20.7. The number of rotatable bonds is 8. The number of carbonyl (C=O) groups is 2. The summed E-state index contributed by atoms with van der Waals surface area (Å²) in [7, 11) is 1.61. The van der Waals surface area contributed by atoms with E-state index < -0.39 is 6.04 Å². The van der Waals surface area contributed by atoms with Gasteiger partial charge in [-0.15, -0.1) is 0 Å². The molecule has 0 bridgehead atoms. The number of methoxy groups -OCH3 is 1. The fourth-order valence-electron chi connectivity index (χ4n) is 2.78. The quantitative estimate of drug-likeness (QED) is 0.725. The van der Waals surface area contributed by atoms with E-state index in [4.69, 9.17) is 16.3 Å². The van der Waals surface area contributed by atoms with Crippen molar-refractivity contribution in [3.63, 3.8) is 0 Å². The van der Waals surface area contributed by atoms with E-state index in [2.05, 4.69) is 5.32 Å². The average Bonchev–Trinajstić information content (AvgIpc) is 2.70. The van der Waals surface area contributed by atoms with Crippen LogP contribution in [-0.2, 0) is 22.7 Å². The molecule has 2 rings (SSSR count). The first-order valence-corrected chi connectivity index (χ1v) is 9.65. The van der Waals surface area contributed by atoms with E-state index in [9.17, 15) is 9.59 Å². The van der Waals surface area contributed by atoms with E-state index >= 15 is 0 Å². The van der Waals surface area contributed by atoms with Crippen LogP contribution in [0.4, 0.5) is 0 Å². The van der Waals surface area contributed by atoms with E-state index in [0.717, 1.165) is 16.9 Å². The van der Waals surface area contributed by atoms with E-state index in [0.29, 0.717) is 18.1 Å². The van der Waals surface area contributed by atoms with Crippen LogP contribution in [0, 0.1) is 5.92 Å². The van der Waals surface area contributed by atoms with Gasteiger partial charge in [0.05, 0.1) is 7.11 Å². The molecular weight excluding hydrogens is 376 g/mol. The van der Waals surface area contributed by atoms with Gasteiger partial charge in [-0.1, -0.05) is 55.8 Å². The molecule has 0 radical (unpaired) electrons. The number of amides is 2. The Morgan fingerprint density at radius 1 is 1.07 bits per heavy atom. The molecule has 0 aliphatic rings. The van der Waals surface area contributed by atoms with Crippen molar-refractivity contribution in [2.45, 2.75) is 39.9 Å². The molecule has 2 aromatic carbocycles. The lowest BCUT2D eigenvalue weighted by molar-refractivity contribution is -0.143. The van der Waals surface area contributed by atoms with Crippen molar-refractivity contribution in [1.29, 1.82) is 0 Å². The molecule has 0 aliphatic heterocycles. The predicted octanol–water partition coefficient (Wildman–Crippen LogP) is 4.04. The van der Waals surface area contributed by atoms with Crippen molar-refractivity contribution in [1.82, 2.24) is 10.2 Å². The number of benzene rings is 2. The molecule has 150 valence electrons. The molecule has 2 amide bonds. The number of ether oxygens (including phenoxy) is 1. The summed E-state index contributed by atoms with van der Waals surface area (Å²) in [5, 5.41) is 3.48. The lowest BCUT2D eigenvalue weighted by Gasteiger charge is -2.30. The van der Waals surface area contributed by atoms with Gasteiger partial charge in [0.2, 0.25) is 11.8 Å². The molecule has 0 unspecified atom stereocenters. The zero-order valence-corrected chi connectivity index (χ0v) is 17.5. The number of carbonyl (C=O) groups excluding carboxylic acids is 2. The van der Waals surface area contributed by atoms with Gasteiger partial charge in [-0.05, 0) is 36.2 Å². The molecule has 0 fully saturated rings. The molecule has 28 heavy (non-hydrogen) atoms. The van der Waals surface area contributed by atoms with Gasteiger partial charge in [0, 0.05) is 24.0 Å². The Kier molecular flexibility index (Phi) is 7.88. The summed E-state index contributed by atoms with van der Waals surface area (Å²) < 4.78 is 5.17. The Hall–Kier alpha value is -2.53. The van der Waals surface area contributed by atoms with Crippen LogP contribution in [0.25, 0.3) is 0 Å². The van der Waals surface area contributed by atoms with E-state index in [-0.39, 0.29) is 17.7 Å². The Morgan fingerprint density at radius 3 is 2.29 bits per heavy atom. The number of nitrogens with one attached hydrogen (secondary N) is 1. The summed E-state index contributed by atoms with van der Waals surface area (Å²) in [6.45, 7) is 6.07. The SMILES string of the molecule is COc1ccc(CN(C(=O)C(C)C)[C@@H](C)C(=O)NCc2ccccc2Cl)cc1. The Bertz CT molecular complexity index is 806. The van der Waals surface area contributed by atoms with Gasteiger partial charge >= 0.3 is 0 Å². The van der Waals surface area contributed by atoms with Crippen LogP contribution in [0.2, 0.25) is 5.02 Å². The minimum absolute atomic E-state index is 0.0730. The topological polar surface area (TPSA) is 58.6 Å². The minimum atomic E-state index is -0.612. The van der Waals surface area contributed by atoms with E-state index in [1.54, 1.807) is 25.0 Å². The molecule has 1 N–H and O–H groups in total. The maximum Gasteiger partial charge on any atom is 0.242 e. The summed E-state index contributed by atoms with van der Waals surface area (Å²) in [5.41, 5.74) is 1.77. The summed E-state index contributed by atoms with van der Waals surface area (Å²) in [6, 6.07) is 14.2.